The Bertz CT molecular complexity index is 872. The lowest BCUT2D eigenvalue weighted by Gasteiger charge is -2.09. The lowest BCUT2D eigenvalue weighted by Crippen LogP contribution is -2.11. The molecule has 0 aromatic heterocycles. The first-order chi connectivity index (χ1) is 12.1. The van der Waals surface area contributed by atoms with Crippen molar-refractivity contribution in [2.24, 2.45) is 0 Å². The number of carbonyl (C=O) groups excluding carboxylic acids is 1. The topological polar surface area (TPSA) is 47.6 Å². The monoisotopic (exact) mass is 333 g/mol. The zero-order chi connectivity index (χ0) is 17.6. The molecule has 1 amide bonds. The molecule has 0 saturated heterocycles. The molecule has 3 rings (SSSR count). The predicted octanol–water partition coefficient (Wildman–Crippen LogP) is 5.05. The van der Waals surface area contributed by atoms with Crippen LogP contribution in [0.4, 0.5) is 5.69 Å². The fourth-order valence-electron chi connectivity index (χ4n) is 2.39. The van der Waals surface area contributed by atoms with Crippen molar-refractivity contribution < 1.29 is 14.3 Å². The summed E-state index contributed by atoms with van der Waals surface area (Å²) in [6.07, 6.45) is 0. The van der Waals surface area contributed by atoms with E-state index in [1.165, 1.54) is 0 Å². The summed E-state index contributed by atoms with van der Waals surface area (Å²) in [7, 11) is 1.59. The van der Waals surface area contributed by atoms with E-state index < -0.39 is 0 Å². The van der Waals surface area contributed by atoms with Crippen LogP contribution in [-0.4, -0.2) is 13.0 Å². The van der Waals surface area contributed by atoms with E-state index >= 15 is 0 Å². The van der Waals surface area contributed by atoms with Gasteiger partial charge < -0.3 is 14.8 Å². The largest absolute Gasteiger partial charge is 0.497 e. The maximum absolute atomic E-state index is 12.3. The molecule has 25 heavy (non-hydrogen) atoms. The van der Waals surface area contributed by atoms with Crippen molar-refractivity contribution in [1.29, 1.82) is 0 Å². The number of anilines is 1. The van der Waals surface area contributed by atoms with Gasteiger partial charge in [0, 0.05) is 17.3 Å². The first kappa shape index (κ1) is 16.6. The van der Waals surface area contributed by atoms with E-state index in [4.69, 9.17) is 9.47 Å². The first-order valence-corrected chi connectivity index (χ1v) is 7.94. The Morgan fingerprint density at radius 3 is 2.28 bits per heavy atom. The highest BCUT2D eigenvalue weighted by atomic mass is 16.5. The molecule has 4 nitrogen and oxygen atoms in total. The van der Waals surface area contributed by atoms with Gasteiger partial charge in [0.15, 0.2) is 0 Å². The van der Waals surface area contributed by atoms with E-state index in [1.807, 2.05) is 49.4 Å². The van der Waals surface area contributed by atoms with Crippen LogP contribution < -0.4 is 14.8 Å². The van der Waals surface area contributed by atoms with Gasteiger partial charge in [-0.05, 0) is 61.0 Å². The molecule has 0 aliphatic carbocycles. The van der Waals surface area contributed by atoms with Crippen molar-refractivity contribution in [1.82, 2.24) is 0 Å². The molecule has 0 heterocycles. The number of hydrogen-bond acceptors (Lipinski definition) is 3. The fraction of sp³-hybridized carbons (Fsp3) is 0.0952. The van der Waals surface area contributed by atoms with Crippen LogP contribution in [-0.2, 0) is 0 Å². The summed E-state index contributed by atoms with van der Waals surface area (Å²) in [5, 5.41) is 2.85. The molecule has 0 bridgehead atoms. The van der Waals surface area contributed by atoms with Crippen molar-refractivity contribution in [2.75, 3.05) is 12.4 Å². The van der Waals surface area contributed by atoms with Crippen LogP contribution in [0.3, 0.4) is 0 Å². The Kier molecular flexibility index (Phi) is 5.00. The highest BCUT2D eigenvalue weighted by molar-refractivity contribution is 6.04. The smallest absolute Gasteiger partial charge is 0.255 e. The van der Waals surface area contributed by atoms with Gasteiger partial charge in [-0.15, -0.1) is 0 Å². The quantitative estimate of drug-likeness (QED) is 0.711. The van der Waals surface area contributed by atoms with Crippen molar-refractivity contribution >= 4 is 11.6 Å². The van der Waals surface area contributed by atoms with Crippen molar-refractivity contribution in [3.63, 3.8) is 0 Å². The lowest BCUT2D eigenvalue weighted by molar-refractivity contribution is 0.102. The number of carbonyl (C=O) groups is 1. The Morgan fingerprint density at radius 1 is 0.840 bits per heavy atom. The second-order valence-electron chi connectivity index (χ2n) is 5.63. The zero-order valence-electron chi connectivity index (χ0n) is 14.2. The average molecular weight is 333 g/mol. The predicted molar refractivity (Wildman–Crippen MR) is 98.6 cm³/mol. The Balaban J connectivity index is 1.67. The molecular weight excluding hydrogens is 314 g/mol. The van der Waals surface area contributed by atoms with Crippen LogP contribution in [0.25, 0.3) is 0 Å². The second kappa shape index (κ2) is 7.53. The summed E-state index contributed by atoms with van der Waals surface area (Å²) in [6.45, 7) is 2.01. The van der Waals surface area contributed by atoms with Gasteiger partial charge in [0.1, 0.15) is 17.2 Å². The molecule has 3 aromatic carbocycles. The van der Waals surface area contributed by atoms with Crippen LogP contribution in [0.5, 0.6) is 17.2 Å². The van der Waals surface area contributed by atoms with E-state index in [-0.39, 0.29) is 5.91 Å². The molecule has 126 valence electrons. The third-order valence-electron chi connectivity index (χ3n) is 3.67. The Hall–Kier alpha value is -3.27. The fourth-order valence-corrected chi connectivity index (χ4v) is 2.39. The van der Waals surface area contributed by atoms with E-state index in [9.17, 15) is 4.79 Å². The standard InChI is InChI=1S/C21H19NO3/c1-15-5-3-8-20(13-15)25-18-11-9-16(10-12-18)21(23)22-17-6-4-7-19(14-17)24-2/h3-14H,1-2H3,(H,22,23). The minimum Gasteiger partial charge on any atom is -0.497 e. The molecular formula is C21H19NO3. The molecule has 0 fully saturated rings. The van der Waals surface area contributed by atoms with E-state index in [0.29, 0.717) is 22.7 Å². The molecule has 0 spiro atoms. The second-order valence-corrected chi connectivity index (χ2v) is 5.63. The number of methoxy groups -OCH3 is 1. The molecule has 0 radical (unpaired) electrons. The van der Waals surface area contributed by atoms with Gasteiger partial charge in [-0.3, -0.25) is 4.79 Å². The molecule has 0 atom stereocenters. The molecule has 1 N–H and O–H groups in total. The van der Waals surface area contributed by atoms with Gasteiger partial charge in [0.05, 0.1) is 7.11 Å². The van der Waals surface area contributed by atoms with E-state index in [1.54, 1.807) is 37.4 Å². The van der Waals surface area contributed by atoms with Gasteiger partial charge in [-0.1, -0.05) is 18.2 Å². The molecule has 0 saturated carbocycles. The summed E-state index contributed by atoms with van der Waals surface area (Å²) >= 11 is 0. The number of hydrogen-bond donors (Lipinski definition) is 1. The lowest BCUT2D eigenvalue weighted by atomic mass is 10.2. The van der Waals surface area contributed by atoms with Crippen LogP contribution in [0.15, 0.2) is 72.8 Å². The van der Waals surface area contributed by atoms with Gasteiger partial charge in [0.2, 0.25) is 0 Å². The summed E-state index contributed by atoms with van der Waals surface area (Å²) in [6, 6.07) is 22.1. The summed E-state index contributed by atoms with van der Waals surface area (Å²) in [5.41, 5.74) is 2.37. The Morgan fingerprint density at radius 2 is 1.56 bits per heavy atom. The number of amides is 1. The van der Waals surface area contributed by atoms with Crippen LogP contribution in [0.1, 0.15) is 15.9 Å². The minimum atomic E-state index is -0.185. The minimum absolute atomic E-state index is 0.185. The molecule has 3 aromatic rings. The number of aryl methyl sites for hydroxylation is 1. The summed E-state index contributed by atoms with van der Waals surface area (Å²) < 4.78 is 10.9. The Labute approximate surface area is 147 Å². The van der Waals surface area contributed by atoms with Crippen LogP contribution in [0.2, 0.25) is 0 Å². The van der Waals surface area contributed by atoms with Gasteiger partial charge >= 0.3 is 0 Å². The third kappa shape index (κ3) is 4.38. The van der Waals surface area contributed by atoms with Crippen molar-refractivity contribution in [2.45, 2.75) is 6.92 Å². The summed E-state index contributed by atoms with van der Waals surface area (Å²) in [5.74, 6) is 1.96. The highest BCUT2D eigenvalue weighted by Crippen LogP contribution is 2.23. The number of benzene rings is 3. The maximum atomic E-state index is 12.3. The molecule has 0 aliphatic rings. The van der Waals surface area contributed by atoms with E-state index in [0.717, 1.165) is 11.3 Å². The summed E-state index contributed by atoms with van der Waals surface area (Å²) in [4.78, 5) is 12.3. The van der Waals surface area contributed by atoms with Gasteiger partial charge in [-0.2, -0.15) is 0 Å². The van der Waals surface area contributed by atoms with Crippen molar-refractivity contribution in [3.05, 3.63) is 83.9 Å². The number of rotatable bonds is 5. The first-order valence-electron chi connectivity index (χ1n) is 7.94. The van der Waals surface area contributed by atoms with Gasteiger partial charge in [0.25, 0.3) is 5.91 Å². The molecule has 0 aliphatic heterocycles. The SMILES string of the molecule is COc1cccc(NC(=O)c2ccc(Oc3cccc(C)c3)cc2)c1. The molecule has 4 heteroatoms. The average Bonchev–Trinajstić information content (AvgIpc) is 2.62. The number of nitrogens with one attached hydrogen (secondary N) is 1. The maximum Gasteiger partial charge on any atom is 0.255 e. The normalized spacial score (nSPS) is 10.2. The van der Waals surface area contributed by atoms with Crippen LogP contribution in [0, 0.1) is 6.92 Å². The third-order valence-corrected chi connectivity index (χ3v) is 3.67. The highest BCUT2D eigenvalue weighted by Gasteiger charge is 2.07. The van der Waals surface area contributed by atoms with Gasteiger partial charge in [-0.25, -0.2) is 0 Å². The number of ether oxygens (including phenoxy) is 2. The van der Waals surface area contributed by atoms with Crippen LogP contribution >= 0.6 is 0 Å². The van der Waals surface area contributed by atoms with Crippen molar-refractivity contribution in [3.8, 4) is 17.2 Å². The molecule has 0 unspecified atom stereocenters. The zero-order valence-corrected chi connectivity index (χ0v) is 14.2. The van der Waals surface area contributed by atoms with E-state index in [2.05, 4.69) is 5.32 Å².